The summed E-state index contributed by atoms with van der Waals surface area (Å²) >= 11 is 6.25. The molecule has 0 radical (unpaired) electrons. The van der Waals surface area contributed by atoms with Gasteiger partial charge in [-0.15, -0.1) is 10.2 Å². The van der Waals surface area contributed by atoms with E-state index in [1.807, 2.05) is 18.2 Å². The quantitative estimate of drug-likeness (QED) is 0.532. The fourth-order valence-corrected chi connectivity index (χ4v) is 3.64. The standard InChI is InChI=1S/C17H14ClN7O2/c1-9-21-22-16(27-9)17(26)24-6-5-11-14(20-8-19-11)15(24)12-7-10-3-2-4-13(18)25(10)23-12/h2-4,7-8,15H,5-6H2,1H3,(H,19,20). The Bertz CT molecular complexity index is 1160. The van der Waals surface area contributed by atoms with Crippen LogP contribution < -0.4 is 0 Å². The highest BCUT2D eigenvalue weighted by molar-refractivity contribution is 6.29. The number of hydrogen-bond donors (Lipinski definition) is 1. The number of halogens is 1. The third kappa shape index (κ3) is 2.50. The molecule has 10 heteroatoms. The molecule has 0 saturated heterocycles. The molecule has 27 heavy (non-hydrogen) atoms. The van der Waals surface area contributed by atoms with Crippen molar-refractivity contribution >= 4 is 23.0 Å². The Labute approximate surface area is 158 Å². The predicted octanol–water partition coefficient (Wildman–Crippen LogP) is 2.19. The Morgan fingerprint density at radius 3 is 3.04 bits per heavy atom. The van der Waals surface area contributed by atoms with E-state index in [-0.39, 0.29) is 11.8 Å². The molecule has 9 nitrogen and oxygen atoms in total. The second kappa shape index (κ2) is 5.92. The van der Waals surface area contributed by atoms with Crippen molar-refractivity contribution in [3.05, 3.63) is 64.6 Å². The third-order valence-corrected chi connectivity index (χ3v) is 4.92. The highest BCUT2D eigenvalue weighted by Gasteiger charge is 2.38. The first-order valence-corrected chi connectivity index (χ1v) is 8.77. The number of aromatic nitrogens is 6. The summed E-state index contributed by atoms with van der Waals surface area (Å²) in [5, 5.41) is 12.7. The van der Waals surface area contributed by atoms with Gasteiger partial charge < -0.3 is 14.3 Å². The number of nitrogens with zero attached hydrogens (tertiary/aromatic N) is 6. The molecule has 0 fully saturated rings. The second-order valence-corrected chi connectivity index (χ2v) is 6.69. The Morgan fingerprint density at radius 2 is 2.26 bits per heavy atom. The molecular weight excluding hydrogens is 370 g/mol. The van der Waals surface area contributed by atoms with E-state index in [2.05, 4.69) is 25.3 Å². The Morgan fingerprint density at radius 1 is 1.37 bits per heavy atom. The minimum atomic E-state index is -0.476. The lowest BCUT2D eigenvalue weighted by Crippen LogP contribution is -2.41. The maximum absolute atomic E-state index is 13.0. The van der Waals surface area contributed by atoms with Gasteiger partial charge in [0.15, 0.2) is 0 Å². The van der Waals surface area contributed by atoms with Crippen molar-refractivity contribution in [2.45, 2.75) is 19.4 Å². The van der Waals surface area contributed by atoms with Gasteiger partial charge in [-0.05, 0) is 18.2 Å². The van der Waals surface area contributed by atoms with E-state index in [1.165, 1.54) is 0 Å². The number of rotatable bonds is 2. The van der Waals surface area contributed by atoms with Gasteiger partial charge in [-0.25, -0.2) is 9.50 Å². The van der Waals surface area contributed by atoms with Crippen molar-refractivity contribution < 1.29 is 9.21 Å². The molecule has 1 atom stereocenters. The Balaban J connectivity index is 1.64. The van der Waals surface area contributed by atoms with Gasteiger partial charge in [0.2, 0.25) is 5.89 Å². The van der Waals surface area contributed by atoms with Crippen LogP contribution in [0, 0.1) is 6.92 Å². The first-order chi connectivity index (χ1) is 13.1. The molecule has 5 rings (SSSR count). The average Bonchev–Trinajstić information content (AvgIpc) is 3.39. The van der Waals surface area contributed by atoms with Gasteiger partial charge in [-0.1, -0.05) is 17.7 Å². The van der Waals surface area contributed by atoms with Gasteiger partial charge in [-0.2, -0.15) is 5.10 Å². The molecule has 1 unspecified atom stereocenters. The largest absolute Gasteiger partial charge is 0.417 e. The topological polar surface area (TPSA) is 105 Å². The smallest absolute Gasteiger partial charge is 0.312 e. The van der Waals surface area contributed by atoms with E-state index in [4.69, 9.17) is 16.0 Å². The molecule has 5 heterocycles. The van der Waals surface area contributed by atoms with E-state index in [0.717, 1.165) is 16.9 Å². The summed E-state index contributed by atoms with van der Waals surface area (Å²) in [6.07, 6.45) is 2.28. The lowest BCUT2D eigenvalue weighted by atomic mass is 9.99. The number of aryl methyl sites for hydroxylation is 1. The van der Waals surface area contributed by atoms with E-state index in [1.54, 1.807) is 28.7 Å². The molecule has 136 valence electrons. The van der Waals surface area contributed by atoms with E-state index >= 15 is 0 Å². The lowest BCUT2D eigenvalue weighted by molar-refractivity contribution is 0.0644. The van der Waals surface area contributed by atoms with Crippen molar-refractivity contribution in [3.63, 3.8) is 0 Å². The molecule has 1 amide bonds. The number of nitrogens with one attached hydrogen (secondary N) is 1. The van der Waals surface area contributed by atoms with Gasteiger partial charge in [0.05, 0.1) is 23.2 Å². The van der Waals surface area contributed by atoms with E-state index < -0.39 is 6.04 Å². The van der Waals surface area contributed by atoms with Crippen LogP contribution in [-0.4, -0.2) is 47.1 Å². The minimum Gasteiger partial charge on any atom is -0.417 e. The first-order valence-electron chi connectivity index (χ1n) is 8.39. The molecule has 0 bridgehead atoms. The monoisotopic (exact) mass is 383 g/mol. The van der Waals surface area contributed by atoms with Gasteiger partial charge in [0.25, 0.3) is 0 Å². The summed E-state index contributed by atoms with van der Waals surface area (Å²) in [5.74, 6) is -0.0532. The van der Waals surface area contributed by atoms with Crippen LogP contribution >= 0.6 is 11.6 Å². The molecule has 1 aliphatic rings. The highest BCUT2D eigenvalue weighted by atomic mass is 35.5. The van der Waals surface area contributed by atoms with Crippen LogP contribution in [0.15, 0.2) is 35.0 Å². The van der Waals surface area contributed by atoms with Gasteiger partial charge >= 0.3 is 11.8 Å². The number of amides is 1. The van der Waals surface area contributed by atoms with Gasteiger partial charge in [0.1, 0.15) is 11.2 Å². The summed E-state index contributed by atoms with van der Waals surface area (Å²) in [5.41, 5.74) is 3.24. The van der Waals surface area contributed by atoms with Crippen LogP contribution in [0.2, 0.25) is 5.15 Å². The average molecular weight is 384 g/mol. The van der Waals surface area contributed by atoms with Crippen molar-refractivity contribution in [2.24, 2.45) is 0 Å². The van der Waals surface area contributed by atoms with Crippen LogP contribution in [0.3, 0.4) is 0 Å². The normalized spacial score (nSPS) is 16.7. The maximum atomic E-state index is 13.0. The summed E-state index contributed by atoms with van der Waals surface area (Å²) in [4.78, 5) is 22.3. The number of fused-ring (bicyclic) bond motifs is 2. The maximum Gasteiger partial charge on any atom is 0.312 e. The van der Waals surface area contributed by atoms with Crippen molar-refractivity contribution in [3.8, 4) is 0 Å². The number of pyridine rings is 1. The molecule has 0 saturated carbocycles. The number of carbonyl (C=O) groups excluding carboxylic acids is 1. The number of H-pyrrole nitrogens is 1. The van der Waals surface area contributed by atoms with Crippen LogP contribution in [0.25, 0.3) is 5.52 Å². The van der Waals surface area contributed by atoms with Gasteiger partial charge in [-0.3, -0.25) is 4.79 Å². The summed E-state index contributed by atoms with van der Waals surface area (Å²) < 4.78 is 6.98. The van der Waals surface area contributed by atoms with Crippen molar-refractivity contribution in [2.75, 3.05) is 6.54 Å². The van der Waals surface area contributed by atoms with Crippen LogP contribution in [-0.2, 0) is 6.42 Å². The molecule has 4 aromatic rings. The van der Waals surface area contributed by atoms with Crippen LogP contribution in [0.4, 0.5) is 0 Å². The number of imidazole rings is 1. The molecular formula is C17H14ClN7O2. The summed E-state index contributed by atoms with van der Waals surface area (Å²) in [7, 11) is 0. The fourth-order valence-electron chi connectivity index (χ4n) is 3.44. The zero-order valence-electron chi connectivity index (χ0n) is 14.3. The molecule has 0 spiro atoms. The SMILES string of the molecule is Cc1nnc(C(=O)N2CCc3[nH]cnc3C2c2cc3cccc(Cl)n3n2)o1. The third-order valence-electron chi connectivity index (χ3n) is 4.63. The molecule has 4 aromatic heterocycles. The summed E-state index contributed by atoms with van der Waals surface area (Å²) in [6.45, 7) is 2.12. The van der Waals surface area contributed by atoms with Gasteiger partial charge in [0, 0.05) is 25.6 Å². The van der Waals surface area contributed by atoms with Crippen molar-refractivity contribution in [1.82, 2.24) is 34.7 Å². The summed E-state index contributed by atoms with van der Waals surface area (Å²) in [6, 6.07) is 6.95. The Hall–Kier alpha value is -3.20. The number of aromatic amines is 1. The highest BCUT2D eigenvalue weighted by Crippen LogP contribution is 2.34. The lowest BCUT2D eigenvalue weighted by Gasteiger charge is -2.32. The van der Waals surface area contributed by atoms with Crippen molar-refractivity contribution in [1.29, 1.82) is 0 Å². The minimum absolute atomic E-state index is 0.0433. The molecule has 0 aliphatic carbocycles. The first kappa shape index (κ1) is 16.0. The Kier molecular flexibility index (Phi) is 3.51. The van der Waals surface area contributed by atoms with E-state index in [0.29, 0.717) is 29.7 Å². The zero-order valence-corrected chi connectivity index (χ0v) is 15.0. The van der Waals surface area contributed by atoms with Crippen LogP contribution in [0.1, 0.15) is 39.7 Å². The molecule has 0 aromatic carbocycles. The van der Waals surface area contributed by atoms with E-state index in [9.17, 15) is 4.79 Å². The molecule has 1 N–H and O–H groups in total. The second-order valence-electron chi connectivity index (χ2n) is 6.30. The van der Waals surface area contributed by atoms with Crippen LogP contribution in [0.5, 0.6) is 0 Å². The zero-order chi connectivity index (χ0) is 18.5. The predicted molar refractivity (Wildman–Crippen MR) is 94.4 cm³/mol. The fraction of sp³-hybridized carbons (Fsp3) is 0.235. The molecule has 1 aliphatic heterocycles. The number of hydrogen-bond acceptors (Lipinski definition) is 6. The number of carbonyl (C=O) groups is 1.